The van der Waals surface area contributed by atoms with Crippen LogP contribution in [0.2, 0.25) is 15.1 Å². The molecule has 0 unspecified atom stereocenters. The van der Waals surface area contributed by atoms with E-state index in [1.807, 2.05) is 39.0 Å². The molecule has 32 heavy (non-hydrogen) atoms. The first-order valence-electron chi connectivity index (χ1n) is 10.00. The van der Waals surface area contributed by atoms with E-state index in [0.717, 1.165) is 31.4 Å². The SMILES string of the molecule is CCc1cc([S+](c2cc(Cl)c(O)c(CC)c2)c2cc(Cl)c(O)c(CC)c2)cc(Cl)c1O.[Cl-]. The summed E-state index contributed by atoms with van der Waals surface area (Å²) in [6.45, 7) is 5.85. The summed E-state index contributed by atoms with van der Waals surface area (Å²) in [7, 11) is -0.693. The summed E-state index contributed by atoms with van der Waals surface area (Å²) < 4.78 is 0. The van der Waals surface area contributed by atoms with Crippen LogP contribution in [0.15, 0.2) is 51.1 Å². The fraction of sp³-hybridized carbons (Fsp3) is 0.250. The van der Waals surface area contributed by atoms with Gasteiger partial charge in [0.1, 0.15) is 17.2 Å². The molecule has 0 heterocycles. The van der Waals surface area contributed by atoms with Crippen molar-refractivity contribution in [3.63, 3.8) is 0 Å². The van der Waals surface area contributed by atoms with Gasteiger partial charge in [-0.3, -0.25) is 0 Å². The maximum atomic E-state index is 10.3. The zero-order chi connectivity index (χ0) is 22.9. The molecule has 0 bridgehead atoms. The van der Waals surface area contributed by atoms with Gasteiger partial charge in [-0.25, -0.2) is 0 Å². The van der Waals surface area contributed by atoms with Crippen molar-refractivity contribution in [2.75, 3.05) is 0 Å². The summed E-state index contributed by atoms with van der Waals surface area (Å²) >= 11 is 19.1. The Labute approximate surface area is 212 Å². The molecule has 0 saturated carbocycles. The zero-order valence-corrected chi connectivity index (χ0v) is 21.7. The lowest BCUT2D eigenvalue weighted by molar-refractivity contribution is -0.00000898. The van der Waals surface area contributed by atoms with Crippen molar-refractivity contribution in [2.45, 2.75) is 54.7 Å². The third-order valence-corrected chi connectivity index (χ3v) is 8.18. The first kappa shape index (κ1) is 26.8. The maximum absolute atomic E-state index is 10.3. The fourth-order valence-corrected chi connectivity index (χ4v) is 6.67. The van der Waals surface area contributed by atoms with Gasteiger partial charge in [0.25, 0.3) is 0 Å². The molecule has 172 valence electrons. The molecule has 0 aromatic heterocycles. The van der Waals surface area contributed by atoms with Crippen LogP contribution < -0.4 is 12.4 Å². The van der Waals surface area contributed by atoms with Crippen LogP contribution in [0.3, 0.4) is 0 Å². The highest BCUT2D eigenvalue weighted by atomic mass is 35.5. The number of aryl methyl sites for hydroxylation is 3. The smallest absolute Gasteiger partial charge is 0.168 e. The Bertz CT molecular complexity index is 993. The van der Waals surface area contributed by atoms with E-state index in [-0.39, 0.29) is 44.7 Å². The summed E-state index contributed by atoms with van der Waals surface area (Å²) in [6.07, 6.45) is 1.84. The molecule has 0 spiro atoms. The van der Waals surface area contributed by atoms with E-state index in [0.29, 0.717) is 19.3 Å². The molecule has 0 saturated heterocycles. The molecule has 0 atom stereocenters. The predicted molar refractivity (Wildman–Crippen MR) is 130 cm³/mol. The van der Waals surface area contributed by atoms with Gasteiger partial charge in [-0.1, -0.05) is 55.6 Å². The zero-order valence-electron chi connectivity index (χ0n) is 17.8. The Morgan fingerprint density at radius 2 is 0.812 bits per heavy atom. The van der Waals surface area contributed by atoms with Crippen molar-refractivity contribution in [2.24, 2.45) is 0 Å². The molecule has 0 radical (unpaired) electrons. The van der Waals surface area contributed by atoms with Gasteiger partial charge in [-0.15, -0.1) is 0 Å². The van der Waals surface area contributed by atoms with Crippen LogP contribution in [0.1, 0.15) is 37.5 Å². The third kappa shape index (κ3) is 5.21. The highest BCUT2D eigenvalue weighted by Crippen LogP contribution is 2.42. The Hall–Kier alpha value is -1.43. The monoisotopic (exact) mass is 532 g/mol. The van der Waals surface area contributed by atoms with Gasteiger partial charge in [0.2, 0.25) is 0 Å². The average molecular weight is 534 g/mol. The Balaban J connectivity index is 0.00000363. The Morgan fingerprint density at radius 3 is 1.03 bits per heavy atom. The lowest BCUT2D eigenvalue weighted by atomic mass is 10.1. The molecule has 0 aliphatic carbocycles. The summed E-state index contributed by atoms with van der Waals surface area (Å²) in [5.41, 5.74) is 2.21. The number of hydrogen-bond acceptors (Lipinski definition) is 3. The molecule has 0 aliphatic heterocycles. The van der Waals surface area contributed by atoms with Crippen LogP contribution in [0.4, 0.5) is 0 Å². The number of phenolic OH excluding ortho intramolecular Hbond substituents is 3. The summed E-state index contributed by atoms with van der Waals surface area (Å²) in [5.74, 6) is 0.229. The van der Waals surface area contributed by atoms with Crippen molar-refractivity contribution in [3.05, 3.63) is 68.2 Å². The summed E-state index contributed by atoms with van der Waals surface area (Å²) in [4.78, 5) is 2.65. The largest absolute Gasteiger partial charge is 1.00 e. The number of phenols is 3. The molecule has 0 aliphatic rings. The lowest BCUT2D eigenvalue weighted by Gasteiger charge is -2.15. The van der Waals surface area contributed by atoms with E-state index in [1.54, 1.807) is 18.2 Å². The van der Waals surface area contributed by atoms with Gasteiger partial charge < -0.3 is 27.7 Å². The lowest BCUT2D eigenvalue weighted by Crippen LogP contribution is -3.00. The normalized spacial score (nSPS) is 11.0. The van der Waals surface area contributed by atoms with Crippen LogP contribution >= 0.6 is 34.8 Å². The average Bonchev–Trinajstić information content (AvgIpc) is 2.75. The first-order chi connectivity index (χ1) is 14.7. The number of halogens is 4. The van der Waals surface area contributed by atoms with Crippen LogP contribution in [0.25, 0.3) is 0 Å². The molecular formula is C24H24Cl4O3S. The van der Waals surface area contributed by atoms with E-state index in [2.05, 4.69) is 0 Å². The number of rotatable bonds is 6. The number of benzene rings is 3. The summed E-state index contributed by atoms with van der Waals surface area (Å²) in [6, 6.07) is 11.0. The van der Waals surface area contributed by atoms with E-state index in [4.69, 9.17) is 34.8 Å². The van der Waals surface area contributed by atoms with Crippen LogP contribution in [-0.2, 0) is 30.2 Å². The molecule has 3 nitrogen and oxygen atoms in total. The molecule has 8 heteroatoms. The topological polar surface area (TPSA) is 60.7 Å². The summed E-state index contributed by atoms with van der Waals surface area (Å²) in [5, 5.41) is 31.8. The van der Waals surface area contributed by atoms with Crippen molar-refractivity contribution in [1.29, 1.82) is 0 Å². The fourth-order valence-electron chi connectivity index (χ4n) is 3.46. The van der Waals surface area contributed by atoms with Crippen molar-refractivity contribution < 1.29 is 27.7 Å². The minimum absolute atomic E-state index is 0. The number of aromatic hydroxyl groups is 3. The van der Waals surface area contributed by atoms with Gasteiger partial charge in [-0.2, -0.15) is 0 Å². The first-order valence-corrected chi connectivity index (χ1v) is 12.4. The Kier molecular flexibility index (Phi) is 9.33. The van der Waals surface area contributed by atoms with Crippen LogP contribution in [0, 0.1) is 0 Å². The molecule has 3 aromatic rings. The molecule has 0 fully saturated rings. The molecule has 3 aromatic carbocycles. The van der Waals surface area contributed by atoms with Gasteiger partial charge in [-0.05, 0) is 19.3 Å². The van der Waals surface area contributed by atoms with Crippen LogP contribution in [0.5, 0.6) is 17.2 Å². The highest BCUT2D eigenvalue weighted by Gasteiger charge is 2.33. The van der Waals surface area contributed by atoms with Crippen molar-refractivity contribution >= 4 is 45.7 Å². The van der Waals surface area contributed by atoms with Gasteiger partial charge in [0.15, 0.2) is 14.7 Å². The molecule has 3 N–H and O–H groups in total. The van der Waals surface area contributed by atoms with E-state index < -0.39 is 10.9 Å². The van der Waals surface area contributed by atoms with Crippen molar-refractivity contribution in [1.82, 2.24) is 0 Å². The highest BCUT2D eigenvalue weighted by molar-refractivity contribution is 7.97. The van der Waals surface area contributed by atoms with Gasteiger partial charge in [0.05, 0.1) is 26.0 Å². The van der Waals surface area contributed by atoms with Gasteiger partial charge in [0, 0.05) is 53.1 Å². The molecular weight excluding hydrogens is 510 g/mol. The minimum Gasteiger partial charge on any atom is -1.00 e. The number of hydrogen-bond donors (Lipinski definition) is 3. The van der Waals surface area contributed by atoms with E-state index >= 15 is 0 Å². The van der Waals surface area contributed by atoms with E-state index in [9.17, 15) is 15.3 Å². The van der Waals surface area contributed by atoms with E-state index in [1.165, 1.54) is 0 Å². The van der Waals surface area contributed by atoms with Crippen molar-refractivity contribution in [3.8, 4) is 17.2 Å². The second-order valence-corrected chi connectivity index (χ2v) is 10.4. The second-order valence-electron chi connectivity index (χ2n) is 7.11. The molecule has 0 amide bonds. The third-order valence-electron chi connectivity index (χ3n) is 5.20. The second kappa shape index (κ2) is 11.1. The quantitative estimate of drug-likeness (QED) is 0.407. The minimum atomic E-state index is -0.693. The molecule has 3 rings (SSSR count). The van der Waals surface area contributed by atoms with Crippen LogP contribution in [-0.4, -0.2) is 15.3 Å². The Morgan fingerprint density at radius 1 is 0.562 bits per heavy atom. The maximum Gasteiger partial charge on any atom is 0.168 e. The standard InChI is InChI=1S/C24H23Cl3O3S.ClH/c1-4-13-7-16(10-19(25)22(13)28)31(17-8-14(5-2)23(29)20(26)11-17)18-9-15(6-3)24(30)21(27)12-18;/h7-12H,4-6H2,1-3H3,(H2-,28,29,30);1H. The van der Waals surface area contributed by atoms with Gasteiger partial charge >= 0.3 is 0 Å². The predicted octanol–water partition coefficient (Wildman–Crippen LogP) is 4.55.